The predicted octanol–water partition coefficient (Wildman–Crippen LogP) is 4.83. The molecule has 9 heteroatoms. The molecule has 0 bridgehead atoms. The SMILES string of the molecule is Fc1ccc(-c2ccnc3[nH]c(-c4[nH]nc5ncc(-c6cnccn6)cc45)cc23)s1. The minimum Gasteiger partial charge on any atom is -0.338 e. The Morgan fingerprint density at radius 2 is 1.87 bits per heavy atom. The van der Waals surface area contributed by atoms with Crippen LogP contribution >= 0.6 is 11.3 Å². The van der Waals surface area contributed by atoms with Crippen molar-refractivity contribution in [3.63, 3.8) is 0 Å². The number of hydrogen-bond donors (Lipinski definition) is 2. The van der Waals surface area contributed by atoms with E-state index in [1.54, 1.807) is 37.1 Å². The molecule has 7 nitrogen and oxygen atoms in total. The summed E-state index contributed by atoms with van der Waals surface area (Å²) in [5.41, 5.74) is 5.45. The highest BCUT2D eigenvalue weighted by atomic mass is 32.1. The Kier molecular flexibility index (Phi) is 3.68. The van der Waals surface area contributed by atoms with Crippen molar-refractivity contribution in [2.75, 3.05) is 0 Å². The van der Waals surface area contributed by atoms with E-state index in [1.165, 1.54) is 6.07 Å². The number of thiophene rings is 1. The molecule has 0 atom stereocenters. The molecule has 2 N–H and O–H groups in total. The van der Waals surface area contributed by atoms with E-state index in [4.69, 9.17) is 0 Å². The first kappa shape index (κ1) is 16.9. The topological polar surface area (TPSA) is 96.0 Å². The Labute approximate surface area is 172 Å². The van der Waals surface area contributed by atoms with Gasteiger partial charge in [0.1, 0.15) is 5.65 Å². The van der Waals surface area contributed by atoms with Crippen molar-refractivity contribution in [2.45, 2.75) is 0 Å². The van der Waals surface area contributed by atoms with Crippen LogP contribution in [0.1, 0.15) is 0 Å². The molecule has 0 fully saturated rings. The number of rotatable bonds is 3. The van der Waals surface area contributed by atoms with E-state index in [-0.39, 0.29) is 5.13 Å². The minimum absolute atomic E-state index is 0.215. The van der Waals surface area contributed by atoms with Crippen molar-refractivity contribution >= 4 is 33.4 Å². The smallest absolute Gasteiger partial charge is 0.181 e. The van der Waals surface area contributed by atoms with Crippen LogP contribution in [0.25, 0.3) is 55.2 Å². The van der Waals surface area contributed by atoms with Gasteiger partial charge in [0.2, 0.25) is 0 Å². The van der Waals surface area contributed by atoms with Gasteiger partial charge in [-0.3, -0.25) is 15.1 Å². The van der Waals surface area contributed by atoms with Crippen LogP contribution in [0.5, 0.6) is 0 Å². The first-order chi connectivity index (χ1) is 14.8. The molecule has 0 saturated heterocycles. The lowest BCUT2D eigenvalue weighted by molar-refractivity contribution is 0.657. The van der Waals surface area contributed by atoms with Crippen molar-refractivity contribution in [1.29, 1.82) is 0 Å². The van der Waals surface area contributed by atoms with E-state index < -0.39 is 0 Å². The van der Waals surface area contributed by atoms with E-state index in [0.717, 1.165) is 60.8 Å². The zero-order chi connectivity index (χ0) is 20.1. The highest BCUT2D eigenvalue weighted by Crippen LogP contribution is 2.35. The first-order valence-corrected chi connectivity index (χ1v) is 9.92. The van der Waals surface area contributed by atoms with Gasteiger partial charge in [-0.25, -0.2) is 9.97 Å². The summed E-state index contributed by atoms with van der Waals surface area (Å²) in [7, 11) is 0. The van der Waals surface area contributed by atoms with Crippen molar-refractivity contribution in [3.05, 3.63) is 66.4 Å². The summed E-state index contributed by atoms with van der Waals surface area (Å²) >= 11 is 1.11. The number of hydrogen-bond acceptors (Lipinski definition) is 6. The molecule has 0 aromatic carbocycles. The molecule has 0 aliphatic heterocycles. The average molecular weight is 413 g/mol. The molecular formula is C21H12FN7S. The number of nitrogens with zero attached hydrogens (tertiary/aromatic N) is 5. The van der Waals surface area contributed by atoms with Gasteiger partial charge < -0.3 is 4.98 Å². The normalized spacial score (nSPS) is 11.5. The van der Waals surface area contributed by atoms with Crippen LogP contribution in [0.3, 0.4) is 0 Å². The summed E-state index contributed by atoms with van der Waals surface area (Å²) in [6, 6.07) is 9.13. The Morgan fingerprint density at radius 3 is 2.70 bits per heavy atom. The van der Waals surface area contributed by atoms with E-state index in [9.17, 15) is 4.39 Å². The second-order valence-corrected chi connectivity index (χ2v) is 7.73. The zero-order valence-electron chi connectivity index (χ0n) is 15.3. The number of fused-ring (bicyclic) bond motifs is 2. The molecule has 6 rings (SSSR count). The fourth-order valence-corrected chi connectivity index (χ4v) is 4.30. The van der Waals surface area contributed by atoms with Gasteiger partial charge in [0.15, 0.2) is 10.8 Å². The fourth-order valence-electron chi connectivity index (χ4n) is 3.53. The number of aromatic nitrogens is 7. The summed E-state index contributed by atoms with van der Waals surface area (Å²) in [6.07, 6.45) is 8.42. The summed E-state index contributed by atoms with van der Waals surface area (Å²) in [5, 5.41) is 8.94. The quantitative estimate of drug-likeness (QED) is 0.433. The van der Waals surface area contributed by atoms with Crippen LogP contribution in [0.4, 0.5) is 4.39 Å². The van der Waals surface area contributed by atoms with Crippen LogP contribution in [0.15, 0.2) is 61.3 Å². The zero-order valence-corrected chi connectivity index (χ0v) is 16.1. The number of nitrogens with one attached hydrogen (secondary N) is 2. The second-order valence-electron chi connectivity index (χ2n) is 6.69. The van der Waals surface area contributed by atoms with Gasteiger partial charge in [-0.05, 0) is 30.3 Å². The lowest BCUT2D eigenvalue weighted by Crippen LogP contribution is -1.86. The molecule has 0 saturated carbocycles. The third-order valence-electron chi connectivity index (χ3n) is 4.91. The number of aromatic amines is 2. The third-order valence-corrected chi connectivity index (χ3v) is 5.82. The minimum atomic E-state index is -0.215. The molecule has 6 aromatic rings. The van der Waals surface area contributed by atoms with E-state index in [1.807, 2.05) is 18.2 Å². The summed E-state index contributed by atoms with van der Waals surface area (Å²) in [4.78, 5) is 21.5. The fraction of sp³-hybridized carbons (Fsp3) is 0. The van der Waals surface area contributed by atoms with Gasteiger partial charge in [0.25, 0.3) is 0 Å². The van der Waals surface area contributed by atoms with Gasteiger partial charge in [0, 0.05) is 51.6 Å². The van der Waals surface area contributed by atoms with Gasteiger partial charge in [-0.15, -0.1) is 11.3 Å². The van der Waals surface area contributed by atoms with E-state index in [0.29, 0.717) is 5.65 Å². The molecule has 0 amide bonds. The molecule has 30 heavy (non-hydrogen) atoms. The Bertz CT molecular complexity index is 1520. The Balaban J connectivity index is 1.52. The molecule has 0 aliphatic carbocycles. The van der Waals surface area contributed by atoms with Crippen molar-refractivity contribution in [3.8, 4) is 33.1 Å². The van der Waals surface area contributed by atoms with E-state index >= 15 is 0 Å². The van der Waals surface area contributed by atoms with Crippen LogP contribution in [-0.4, -0.2) is 35.1 Å². The molecule has 0 radical (unpaired) electrons. The molecule has 0 unspecified atom stereocenters. The second kappa shape index (κ2) is 6.53. The van der Waals surface area contributed by atoms with E-state index in [2.05, 4.69) is 35.1 Å². The van der Waals surface area contributed by atoms with Crippen molar-refractivity contribution < 1.29 is 4.39 Å². The van der Waals surface area contributed by atoms with Gasteiger partial charge >= 0.3 is 0 Å². The molecule has 144 valence electrons. The van der Waals surface area contributed by atoms with Crippen LogP contribution in [0, 0.1) is 5.13 Å². The Hall–Kier alpha value is -3.98. The molecular weight excluding hydrogens is 401 g/mol. The van der Waals surface area contributed by atoms with Gasteiger partial charge in [0.05, 0.1) is 23.3 Å². The number of H-pyrrole nitrogens is 2. The lowest BCUT2D eigenvalue weighted by Gasteiger charge is -2.00. The third kappa shape index (κ3) is 2.67. The predicted molar refractivity (Wildman–Crippen MR) is 113 cm³/mol. The maximum absolute atomic E-state index is 13.6. The van der Waals surface area contributed by atoms with Crippen LogP contribution in [0.2, 0.25) is 0 Å². The van der Waals surface area contributed by atoms with Crippen molar-refractivity contribution in [1.82, 2.24) is 35.1 Å². The molecule has 0 spiro atoms. The molecule has 6 heterocycles. The summed E-state index contributed by atoms with van der Waals surface area (Å²) in [5.74, 6) is 0. The maximum Gasteiger partial charge on any atom is 0.181 e. The van der Waals surface area contributed by atoms with Gasteiger partial charge in [-0.1, -0.05) is 0 Å². The largest absolute Gasteiger partial charge is 0.338 e. The van der Waals surface area contributed by atoms with Crippen LogP contribution in [-0.2, 0) is 0 Å². The Morgan fingerprint density at radius 1 is 0.900 bits per heavy atom. The maximum atomic E-state index is 13.6. The van der Waals surface area contributed by atoms with Crippen molar-refractivity contribution in [2.24, 2.45) is 0 Å². The monoisotopic (exact) mass is 413 g/mol. The first-order valence-electron chi connectivity index (χ1n) is 9.10. The lowest BCUT2D eigenvalue weighted by atomic mass is 10.1. The highest BCUT2D eigenvalue weighted by molar-refractivity contribution is 7.14. The summed E-state index contributed by atoms with van der Waals surface area (Å²) < 4.78 is 13.6. The van der Waals surface area contributed by atoms with Gasteiger partial charge in [-0.2, -0.15) is 9.49 Å². The molecule has 0 aliphatic rings. The molecule has 6 aromatic heterocycles. The summed E-state index contributed by atoms with van der Waals surface area (Å²) in [6.45, 7) is 0. The standard InChI is InChI=1S/C21H12FN7S/c22-18-2-1-17(30-18)12-3-4-25-20-13(12)8-15(27-20)19-14-7-11(9-26-21(14)29-28-19)16-10-23-5-6-24-16/h1-10H,(H,25,27)(H,26,28,29). The number of pyridine rings is 2. The average Bonchev–Trinajstić information content (AvgIpc) is 3.51. The highest BCUT2D eigenvalue weighted by Gasteiger charge is 2.16. The van der Waals surface area contributed by atoms with Crippen LogP contribution < -0.4 is 0 Å². The number of halogens is 1.